The van der Waals surface area contributed by atoms with E-state index < -0.39 is 0 Å². The van der Waals surface area contributed by atoms with Gasteiger partial charge in [0.1, 0.15) is 6.04 Å². The zero-order chi connectivity index (χ0) is 12.1. The molecule has 0 unspecified atom stereocenters. The van der Waals surface area contributed by atoms with Crippen molar-refractivity contribution in [1.82, 2.24) is 0 Å². The lowest BCUT2D eigenvalue weighted by molar-refractivity contribution is 1.02. The second kappa shape index (κ2) is 5.35. The van der Waals surface area contributed by atoms with Gasteiger partial charge in [-0.2, -0.15) is 0 Å². The number of rotatable bonds is 4. The standard InChI is InChI=1S/C16H16N/c1-3-16(14-10-6-4-7-11-14)17(2)15-12-8-5-9-13-15/h3-13H,1H2,2H3. The van der Waals surface area contributed by atoms with Crippen LogP contribution in [0.4, 0.5) is 5.69 Å². The summed E-state index contributed by atoms with van der Waals surface area (Å²) in [4.78, 5) is 2.14. The Morgan fingerprint density at radius 1 is 0.941 bits per heavy atom. The summed E-state index contributed by atoms with van der Waals surface area (Å²) in [6.45, 7) is 3.91. The molecular formula is C16H16N. The van der Waals surface area contributed by atoms with Crippen LogP contribution >= 0.6 is 0 Å². The predicted molar refractivity (Wildman–Crippen MR) is 73.8 cm³/mol. The monoisotopic (exact) mass is 222 g/mol. The minimum absolute atomic E-state index is 1.11. The first-order valence-electron chi connectivity index (χ1n) is 5.66. The van der Waals surface area contributed by atoms with E-state index >= 15 is 0 Å². The molecule has 0 aliphatic heterocycles. The molecule has 0 heterocycles. The maximum Gasteiger partial charge on any atom is 0.114 e. The van der Waals surface area contributed by atoms with Gasteiger partial charge in [0.25, 0.3) is 0 Å². The fourth-order valence-electron chi connectivity index (χ4n) is 1.85. The van der Waals surface area contributed by atoms with E-state index in [0.717, 1.165) is 11.7 Å². The highest BCUT2D eigenvalue weighted by Gasteiger charge is 2.14. The van der Waals surface area contributed by atoms with Gasteiger partial charge in [0, 0.05) is 12.7 Å². The molecule has 0 atom stereocenters. The smallest absolute Gasteiger partial charge is 0.114 e. The van der Waals surface area contributed by atoms with Crippen LogP contribution < -0.4 is 4.90 Å². The second-order valence-corrected chi connectivity index (χ2v) is 3.85. The molecule has 0 aliphatic rings. The average Bonchev–Trinajstić information content (AvgIpc) is 2.42. The van der Waals surface area contributed by atoms with Crippen molar-refractivity contribution in [3.63, 3.8) is 0 Å². The van der Waals surface area contributed by atoms with Crippen molar-refractivity contribution in [1.29, 1.82) is 0 Å². The van der Waals surface area contributed by atoms with Crippen LogP contribution in [0, 0.1) is 6.04 Å². The molecule has 1 heteroatoms. The number of anilines is 1. The number of hydrogen-bond donors (Lipinski definition) is 0. The van der Waals surface area contributed by atoms with E-state index in [1.807, 2.05) is 42.5 Å². The van der Waals surface area contributed by atoms with Crippen LogP contribution in [0.2, 0.25) is 0 Å². The molecule has 0 fully saturated rings. The molecule has 0 amide bonds. The highest BCUT2D eigenvalue weighted by atomic mass is 15.1. The Kier molecular flexibility index (Phi) is 3.61. The topological polar surface area (TPSA) is 3.24 Å². The van der Waals surface area contributed by atoms with Crippen molar-refractivity contribution >= 4 is 5.69 Å². The van der Waals surface area contributed by atoms with Crippen LogP contribution in [0.25, 0.3) is 0 Å². The van der Waals surface area contributed by atoms with Crippen molar-refractivity contribution in [2.45, 2.75) is 0 Å². The summed E-state index contributed by atoms with van der Waals surface area (Å²) < 4.78 is 0. The summed E-state index contributed by atoms with van der Waals surface area (Å²) in [5.74, 6) is 0. The molecule has 0 saturated carbocycles. The summed E-state index contributed by atoms with van der Waals surface area (Å²) in [5, 5.41) is 0. The molecule has 2 aromatic carbocycles. The molecule has 0 aliphatic carbocycles. The minimum Gasteiger partial charge on any atom is -0.359 e. The van der Waals surface area contributed by atoms with Crippen molar-refractivity contribution in [2.75, 3.05) is 11.9 Å². The van der Waals surface area contributed by atoms with Crippen LogP contribution in [0.15, 0.2) is 73.3 Å². The largest absolute Gasteiger partial charge is 0.359 e. The van der Waals surface area contributed by atoms with Crippen LogP contribution in [0.3, 0.4) is 0 Å². The summed E-state index contributed by atoms with van der Waals surface area (Å²) in [6.07, 6.45) is 1.89. The Morgan fingerprint density at radius 2 is 1.47 bits per heavy atom. The van der Waals surface area contributed by atoms with Crippen molar-refractivity contribution in [3.05, 3.63) is 84.9 Å². The third-order valence-corrected chi connectivity index (χ3v) is 2.77. The molecule has 17 heavy (non-hydrogen) atoms. The summed E-state index contributed by atoms with van der Waals surface area (Å²) in [5.41, 5.74) is 2.33. The summed E-state index contributed by atoms with van der Waals surface area (Å²) in [6, 6.07) is 21.7. The van der Waals surface area contributed by atoms with Crippen molar-refractivity contribution in [3.8, 4) is 0 Å². The van der Waals surface area contributed by atoms with E-state index in [4.69, 9.17) is 0 Å². The highest BCUT2D eigenvalue weighted by Crippen LogP contribution is 2.24. The van der Waals surface area contributed by atoms with E-state index in [-0.39, 0.29) is 0 Å². The number of nitrogens with zero attached hydrogens (tertiary/aromatic N) is 1. The summed E-state index contributed by atoms with van der Waals surface area (Å²) >= 11 is 0. The molecule has 2 rings (SSSR count). The molecule has 85 valence electrons. The molecule has 1 nitrogen and oxygen atoms in total. The molecule has 0 bridgehead atoms. The number of para-hydroxylation sites is 1. The van der Waals surface area contributed by atoms with Gasteiger partial charge in [-0.25, -0.2) is 0 Å². The van der Waals surface area contributed by atoms with Crippen LogP contribution in [0.1, 0.15) is 5.56 Å². The Balaban J connectivity index is 2.28. The average molecular weight is 222 g/mol. The third-order valence-electron chi connectivity index (χ3n) is 2.77. The first-order valence-corrected chi connectivity index (χ1v) is 5.66. The van der Waals surface area contributed by atoms with Gasteiger partial charge in [0.05, 0.1) is 0 Å². The van der Waals surface area contributed by atoms with E-state index in [1.165, 1.54) is 5.56 Å². The molecule has 0 N–H and O–H groups in total. The lowest BCUT2D eigenvalue weighted by Crippen LogP contribution is -2.23. The molecule has 1 radical (unpaired) electrons. The van der Waals surface area contributed by atoms with Gasteiger partial charge < -0.3 is 4.90 Å². The molecule has 2 aromatic rings. The first-order chi connectivity index (χ1) is 8.33. The Bertz CT molecular complexity index is 461. The molecule has 0 aromatic heterocycles. The van der Waals surface area contributed by atoms with E-state index in [2.05, 4.69) is 42.8 Å². The summed E-state index contributed by atoms with van der Waals surface area (Å²) in [7, 11) is 2.05. The van der Waals surface area contributed by atoms with Crippen LogP contribution in [0.5, 0.6) is 0 Å². The first kappa shape index (κ1) is 11.5. The fourth-order valence-corrected chi connectivity index (χ4v) is 1.85. The van der Waals surface area contributed by atoms with Crippen LogP contribution in [-0.2, 0) is 0 Å². The third kappa shape index (κ3) is 2.56. The Hall–Kier alpha value is -2.02. The van der Waals surface area contributed by atoms with E-state index in [1.54, 1.807) is 0 Å². The zero-order valence-electron chi connectivity index (χ0n) is 10.0. The lowest BCUT2D eigenvalue weighted by Gasteiger charge is -2.26. The molecular weight excluding hydrogens is 206 g/mol. The van der Waals surface area contributed by atoms with Crippen molar-refractivity contribution in [2.24, 2.45) is 0 Å². The van der Waals surface area contributed by atoms with Gasteiger partial charge in [-0.05, 0) is 17.7 Å². The van der Waals surface area contributed by atoms with E-state index in [0.29, 0.717) is 0 Å². The van der Waals surface area contributed by atoms with Gasteiger partial charge in [0.15, 0.2) is 0 Å². The van der Waals surface area contributed by atoms with Gasteiger partial charge in [-0.3, -0.25) is 0 Å². The fraction of sp³-hybridized carbons (Fsp3) is 0.0625. The van der Waals surface area contributed by atoms with Crippen molar-refractivity contribution < 1.29 is 0 Å². The predicted octanol–water partition coefficient (Wildman–Crippen LogP) is 3.89. The van der Waals surface area contributed by atoms with Gasteiger partial charge in [-0.15, -0.1) is 6.58 Å². The van der Waals surface area contributed by atoms with Crippen LogP contribution in [-0.4, -0.2) is 7.05 Å². The Morgan fingerprint density at radius 3 is 2.00 bits per heavy atom. The molecule has 0 saturated heterocycles. The lowest BCUT2D eigenvalue weighted by atomic mass is 10.1. The normalized spacial score (nSPS) is 10.2. The maximum absolute atomic E-state index is 3.91. The number of likely N-dealkylation sites (N-methyl/N-ethyl adjacent to an activating group) is 1. The van der Waals surface area contributed by atoms with E-state index in [9.17, 15) is 0 Å². The SMILES string of the molecule is C=C[C](c1ccccc1)N(C)c1ccccc1. The van der Waals surface area contributed by atoms with Gasteiger partial charge >= 0.3 is 0 Å². The van der Waals surface area contributed by atoms with Gasteiger partial charge in [-0.1, -0.05) is 54.6 Å². The molecule has 0 spiro atoms. The number of hydrogen-bond acceptors (Lipinski definition) is 1. The second-order valence-electron chi connectivity index (χ2n) is 3.85. The maximum atomic E-state index is 3.91. The minimum atomic E-state index is 1.11. The highest BCUT2D eigenvalue weighted by molar-refractivity contribution is 5.56. The number of benzene rings is 2. The zero-order valence-corrected chi connectivity index (χ0v) is 10.0. The quantitative estimate of drug-likeness (QED) is 0.758. The van der Waals surface area contributed by atoms with Gasteiger partial charge in [0.2, 0.25) is 0 Å². The Labute approximate surface area is 103 Å².